The van der Waals surface area contributed by atoms with Gasteiger partial charge in [-0.25, -0.2) is 0 Å². The molecule has 3 rings (SSSR count). The summed E-state index contributed by atoms with van der Waals surface area (Å²) in [6, 6.07) is 12.8. The van der Waals surface area contributed by atoms with Gasteiger partial charge < -0.3 is 10.4 Å². The number of hydrogen-bond acceptors (Lipinski definition) is 4. The predicted octanol–water partition coefficient (Wildman–Crippen LogP) is 2.20. The Morgan fingerprint density at radius 1 is 1.27 bits per heavy atom. The van der Waals surface area contributed by atoms with Gasteiger partial charge in [0.25, 0.3) is 0 Å². The maximum Gasteiger partial charge on any atom is 0.0621 e. The number of aliphatic hydroxyl groups is 1. The average Bonchev–Trinajstić information content (AvgIpc) is 2.57. The maximum absolute atomic E-state index is 9.75. The minimum Gasteiger partial charge on any atom is -0.395 e. The van der Waals surface area contributed by atoms with E-state index in [0.717, 1.165) is 29.7 Å². The third kappa shape index (κ3) is 3.38. The Balaban J connectivity index is 2.02. The standard InChI is InChI=1S/C17H20BrN3O/c18-15-8-14(9-20-10-15)17(13-4-2-1-3-5-13)21-7-6-19-11-16(21)12-22/h1-5,8-10,16-17,19,22H,6-7,11-12H2. The Bertz CT molecular complexity index is 608. The lowest BCUT2D eigenvalue weighted by Crippen LogP contribution is -2.54. The van der Waals surface area contributed by atoms with Crippen molar-refractivity contribution in [3.8, 4) is 0 Å². The number of nitrogens with one attached hydrogen (secondary N) is 1. The van der Waals surface area contributed by atoms with Crippen molar-refractivity contribution in [3.63, 3.8) is 0 Å². The first-order chi connectivity index (χ1) is 10.8. The van der Waals surface area contributed by atoms with Gasteiger partial charge in [0.1, 0.15) is 0 Å². The number of halogens is 1. The zero-order chi connectivity index (χ0) is 15.4. The lowest BCUT2D eigenvalue weighted by atomic mass is 9.96. The fourth-order valence-electron chi connectivity index (χ4n) is 3.07. The van der Waals surface area contributed by atoms with Crippen LogP contribution in [0.15, 0.2) is 53.3 Å². The van der Waals surface area contributed by atoms with E-state index >= 15 is 0 Å². The molecule has 5 heteroatoms. The molecule has 4 nitrogen and oxygen atoms in total. The SMILES string of the molecule is OCC1CNCCN1C(c1ccccc1)c1cncc(Br)c1. The first-order valence-corrected chi connectivity index (χ1v) is 8.31. The van der Waals surface area contributed by atoms with Crippen molar-refractivity contribution in [2.75, 3.05) is 26.2 Å². The molecule has 1 aliphatic rings. The summed E-state index contributed by atoms with van der Waals surface area (Å²) in [6.45, 7) is 2.79. The third-order valence-corrected chi connectivity index (χ3v) is 4.53. The molecule has 0 spiro atoms. The highest BCUT2D eigenvalue weighted by Gasteiger charge is 2.30. The number of benzene rings is 1. The molecule has 0 aliphatic carbocycles. The van der Waals surface area contributed by atoms with Gasteiger partial charge in [0.05, 0.1) is 12.6 Å². The molecule has 0 saturated carbocycles. The van der Waals surface area contributed by atoms with E-state index in [1.54, 1.807) is 6.20 Å². The molecule has 2 aromatic rings. The Hall–Kier alpha value is -1.27. The van der Waals surface area contributed by atoms with E-state index in [1.807, 2.05) is 12.3 Å². The zero-order valence-corrected chi connectivity index (χ0v) is 13.9. The Labute approximate surface area is 139 Å². The fraction of sp³-hybridized carbons (Fsp3) is 0.353. The molecule has 2 unspecified atom stereocenters. The van der Waals surface area contributed by atoms with Crippen LogP contribution in [0.1, 0.15) is 17.2 Å². The van der Waals surface area contributed by atoms with Gasteiger partial charge >= 0.3 is 0 Å². The average molecular weight is 362 g/mol. The number of pyridine rings is 1. The smallest absolute Gasteiger partial charge is 0.0621 e. The highest BCUT2D eigenvalue weighted by molar-refractivity contribution is 9.10. The van der Waals surface area contributed by atoms with Crippen molar-refractivity contribution in [1.29, 1.82) is 0 Å². The van der Waals surface area contributed by atoms with Gasteiger partial charge in [-0.2, -0.15) is 0 Å². The van der Waals surface area contributed by atoms with E-state index in [0.29, 0.717) is 0 Å². The van der Waals surface area contributed by atoms with Crippen molar-refractivity contribution in [3.05, 3.63) is 64.4 Å². The van der Waals surface area contributed by atoms with E-state index in [9.17, 15) is 5.11 Å². The lowest BCUT2D eigenvalue weighted by molar-refractivity contribution is 0.0758. The van der Waals surface area contributed by atoms with Crippen LogP contribution in [0.25, 0.3) is 0 Å². The van der Waals surface area contributed by atoms with Crippen LogP contribution in [-0.2, 0) is 0 Å². The van der Waals surface area contributed by atoms with Crippen LogP contribution < -0.4 is 5.32 Å². The number of aliphatic hydroxyl groups excluding tert-OH is 1. The van der Waals surface area contributed by atoms with Crippen molar-refractivity contribution < 1.29 is 5.11 Å². The van der Waals surface area contributed by atoms with E-state index in [-0.39, 0.29) is 18.7 Å². The molecule has 1 aliphatic heterocycles. The third-order valence-electron chi connectivity index (χ3n) is 4.10. The van der Waals surface area contributed by atoms with Crippen LogP contribution in [0, 0.1) is 0 Å². The normalized spacial score (nSPS) is 20.7. The van der Waals surface area contributed by atoms with E-state index < -0.39 is 0 Å². The maximum atomic E-state index is 9.75. The Morgan fingerprint density at radius 3 is 2.82 bits per heavy atom. The minimum atomic E-state index is 0.102. The lowest BCUT2D eigenvalue weighted by Gasteiger charge is -2.41. The summed E-state index contributed by atoms with van der Waals surface area (Å²) in [4.78, 5) is 6.69. The molecule has 22 heavy (non-hydrogen) atoms. The number of rotatable bonds is 4. The Kier molecular flexibility index (Phi) is 5.20. The molecule has 2 heterocycles. The second-order valence-electron chi connectivity index (χ2n) is 5.53. The monoisotopic (exact) mass is 361 g/mol. The molecule has 2 atom stereocenters. The summed E-state index contributed by atoms with van der Waals surface area (Å²) in [5.74, 6) is 0. The predicted molar refractivity (Wildman–Crippen MR) is 90.7 cm³/mol. The second-order valence-corrected chi connectivity index (χ2v) is 6.44. The molecule has 0 amide bonds. The van der Waals surface area contributed by atoms with Crippen LogP contribution in [-0.4, -0.2) is 47.3 Å². The summed E-state index contributed by atoms with van der Waals surface area (Å²) in [7, 11) is 0. The molecule has 1 aromatic heterocycles. The topological polar surface area (TPSA) is 48.4 Å². The molecular formula is C17H20BrN3O. The Morgan fingerprint density at radius 2 is 2.09 bits per heavy atom. The summed E-state index contributed by atoms with van der Waals surface area (Å²) in [5, 5.41) is 13.1. The van der Waals surface area contributed by atoms with Crippen LogP contribution in [0.4, 0.5) is 0 Å². The van der Waals surface area contributed by atoms with Crippen molar-refractivity contribution >= 4 is 15.9 Å². The van der Waals surface area contributed by atoms with Crippen LogP contribution >= 0.6 is 15.9 Å². The largest absolute Gasteiger partial charge is 0.395 e. The van der Waals surface area contributed by atoms with Gasteiger partial charge in [0.15, 0.2) is 0 Å². The molecule has 2 N–H and O–H groups in total. The van der Waals surface area contributed by atoms with Gasteiger partial charge in [-0.1, -0.05) is 30.3 Å². The quantitative estimate of drug-likeness (QED) is 0.876. The molecular weight excluding hydrogens is 342 g/mol. The van der Waals surface area contributed by atoms with Crippen LogP contribution in [0.2, 0.25) is 0 Å². The van der Waals surface area contributed by atoms with Crippen LogP contribution in [0.5, 0.6) is 0 Å². The van der Waals surface area contributed by atoms with Crippen molar-refractivity contribution in [1.82, 2.24) is 15.2 Å². The molecule has 116 valence electrons. The van der Waals surface area contributed by atoms with Crippen molar-refractivity contribution in [2.24, 2.45) is 0 Å². The summed E-state index contributed by atoms with van der Waals surface area (Å²) in [6.07, 6.45) is 3.71. The van der Waals surface area contributed by atoms with E-state index in [1.165, 1.54) is 5.56 Å². The molecule has 1 fully saturated rings. The number of aromatic nitrogens is 1. The van der Waals surface area contributed by atoms with Gasteiger partial charge in [0.2, 0.25) is 0 Å². The van der Waals surface area contributed by atoms with Gasteiger partial charge in [0, 0.05) is 42.5 Å². The minimum absolute atomic E-state index is 0.102. The second kappa shape index (κ2) is 7.33. The molecule has 1 aromatic carbocycles. The van der Waals surface area contributed by atoms with E-state index in [4.69, 9.17) is 0 Å². The first-order valence-electron chi connectivity index (χ1n) is 7.52. The summed E-state index contributed by atoms with van der Waals surface area (Å²) in [5.41, 5.74) is 2.36. The molecule has 0 bridgehead atoms. The number of hydrogen-bond donors (Lipinski definition) is 2. The zero-order valence-electron chi connectivity index (χ0n) is 12.3. The number of nitrogens with zero attached hydrogens (tertiary/aromatic N) is 2. The van der Waals surface area contributed by atoms with E-state index in [2.05, 4.69) is 61.5 Å². The molecule has 1 saturated heterocycles. The summed E-state index contributed by atoms with van der Waals surface area (Å²) < 4.78 is 0.974. The van der Waals surface area contributed by atoms with Crippen molar-refractivity contribution in [2.45, 2.75) is 12.1 Å². The highest BCUT2D eigenvalue weighted by atomic mass is 79.9. The van der Waals surface area contributed by atoms with Gasteiger partial charge in [-0.15, -0.1) is 0 Å². The van der Waals surface area contributed by atoms with Gasteiger partial charge in [-0.05, 0) is 33.1 Å². The van der Waals surface area contributed by atoms with Crippen LogP contribution in [0.3, 0.4) is 0 Å². The summed E-state index contributed by atoms with van der Waals surface area (Å²) >= 11 is 3.52. The number of piperazine rings is 1. The fourth-order valence-corrected chi connectivity index (χ4v) is 3.46. The van der Waals surface area contributed by atoms with Gasteiger partial charge in [-0.3, -0.25) is 9.88 Å². The highest BCUT2D eigenvalue weighted by Crippen LogP contribution is 2.31. The first kappa shape index (κ1) is 15.6. The molecule has 0 radical (unpaired) electrons.